The van der Waals surface area contributed by atoms with Crippen molar-refractivity contribution in [3.63, 3.8) is 0 Å². The molecule has 32 heavy (non-hydrogen) atoms. The molecule has 0 aliphatic carbocycles. The fourth-order valence-electron chi connectivity index (χ4n) is 2.96. The van der Waals surface area contributed by atoms with E-state index in [1.165, 1.54) is 17.7 Å². The molecule has 0 radical (unpaired) electrons. The molecular weight excluding hydrogens is 488 g/mol. The SMILES string of the molecule is COCC(=O)NCc1cccc(-n2c(C)nc(OCc3ccc(F)cc3F)c(Br)c2=O)c1. The minimum Gasteiger partial charge on any atom is -0.472 e. The summed E-state index contributed by atoms with van der Waals surface area (Å²) in [4.78, 5) is 28.9. The number of hydrogen-bond donors (Lipinski definition) is 1. The van der Waals surface area contributed by atoms with Gasteiger partial charge in [0.2, 0.25) is 11.8 Å². The van der Waals surface area contributed by atoms with Crippen molar-refractivity contribution in [1.82, 2.24) is 14.9 Å². The Balaban J connectivity index is 1.83. The number of halogens is 3. The molecule has 1 amide bonds. The van der Waals surface area contributed by atoms with Gasteiger partial charge in [-0.3, -0.25) is 14.2 Å². The van der Waals surface area contributed by atoms with E-state index >= 15 is 0 Å². The molecule has 168 valence electrons. The second-order valence-electron chi connectivity index (χ2n) is 6.82. The summed E-state index contributed by atoms with van der Waals surface area (Å²) in [5.74, 6) is -1.36. The molecule has 0 aliphatic heterocycles. The Bertz CT molecular complexity index is 1200. The van der Waals surface area contributed by atoms with Crippen molar-refractivity contribution >= 4 is 21.8 Å². The second kappa shape index (κ2) is 10.5. The first-order chi connectivity index (χ1) is 15.3. The average molecular weight is 508 g/mol. The molecule has 10 heteroatoms. The van der Waals surface area contributed by atoms with Gasteiger partial charge >= 0.3 is 0 Å². The van der Waals surface area contributed by atoms with Crippen LogP contribution in [-0.4, -0.2) is 29.2 Å². The molecule has 3 rings (SSSR count). The first-order valence-corrected chi connectivity index (χ1v) is 10.3. The van der Waals surface area contributed by atoms with Gasteiger partial charge in [-0.1, -0.05) is 12.1 Å². The number of nitrogens with zero attached hydrogens (tertiary/aromatic N) is 2. The molecule has 0 fully saturated rings. The lowest BCUT2D eigenvalue weighted by molar-refractivity contribution is -0.124. The van der Waals surface area contributed by atoms with Crippen LogP contribution in [0.5, 0.6) is 5.88 Å². The number of amides is 1. The number of nitrogens with one attached hydrogen (secondary N) is 1. The van der Waals surface area contributed by atoms with Crippen LogP contribution in [0.2, 0.25) is 0 Å². The Morgan fingerprint density at radius 2 is 2.00 bits per heavy atom. The first kappa shape index (κ1) is 23.6. The summed E-state index contributed by atoms with van der Waals surface area (Å²) in [5.41, 5.74) is 1.04. The van der Waals surface area contributed by atoms with Crippen molar-refractivity contribution in [2.75, 3.05) is 13.7 Å². The van der Waals surface area contributed by atoms with E-state index in [0.717, 1.165) is 17.7 Å². The van der Waals surface area contributed by atoms with Gasteiger partial charge in [0, 0.05) is 25.3 Å². The number of aromatic nitrogens is 2. The van der Waals surface area contributed by atoms with E-state index in [1.807, 2.05) is 6.07 Å². The Morgan fingerprint density at radius 1 is 1.22 bits per heavy atom. The van der Waals surface area contributed by atoms with Crippen LogP contribution < -0.4 is 15.6 Å². The molecule has 0 spiro atoms. The van der Waals surface area contributed by atoms with Crippen LogP contribution in [0.3, 0.4) is 0 Å². The van der Waals surface area contributed by atoms with Crippen LogP contribution in [0.1, 0.15) is 17.0 Å². The van der Waals surface area contributed by atoms with Crippen LogP contribution in [0.4, 0.5) is 8.78 Å². The number of methoxy groups -OCH3 is 1. The van der Waals surface area contributed by atoms with E-state index in [-0.39, 0.29) is 41.6 Å². The third-order valence-corrected chi connectivity index (χ3v) is 5.16. The third kappa shape index (κ3) is 5.57. The van der Waals surface area contributed by atoms with E-state index in [2.05, 4.69) is 26.2 Å². The van der Waals surface area contributed by atoms with Gasteiger partial charge in [0.15, 0.2) is 0 Å². The maximum absolute atomic E-state index is 13.8. The molecular formula is C22H20BrF2N3O4. The van der Waals surface area contributed by atoms with Gasteiger partial charge in [-0.25, -0.2) is 8.78 Å². The zero-order valence-electron chi connectivity index (χ0n) is 17.3. The molecule has 3 aromatic rings. The maximum Gasteiger partial charge on any atom is 0.276 e. The third-order valence-electron chi connectivity index (χ3n) is 4.48. The van der Waals surface area contributed by atoms with Gasteiger partial charge < -0.3 is 14.8 Å². The van der Waals surface area contributed by atoms with Crippen molar-refractivity contribution in [3.8, 4) is 11.6 Å². The van der Waals surface area contributed by atoms with Gasteiger partial charge in [0.05, 0.1) is 5.69 Å². The largest absolute Gasteiger partial charge is 0.472 e. The number of benzene rings is 2. The van der Waals surface area contributed by atoms with E-state index in [4.69, 9.17) is 9.47 Å². The van der Waals surface area contributed by atoms with Crippen molar-refractivity contribution in [2.24, 2.45) is 0 Å². The molecule has 0 unspecified atom stereocenters. The zero-order chi connectivity index (χ0) is 23.3. The van der Waals surface area contributed by atoms with Gasteiger partial charge in [-0.15, -0.1) is 0 Å². The zero-order valence-corrected chi connectivity index (χ0v) is 18.9. The van der Waals surface area contributed by atoms with Crippen LogP contribution in [0.15, 0.2) is 51.7 Å². The summed E-state index contributed by atoms with van der Waals surface area (Å²) in [5, 5.41) is 2.72. The van der Waals surface area contributed by atoms with Crippen molar-refractivity contribution in [3.05, 3.63) is 85.9 Å². The number of carbonyl (C=O) groups is 1. The highest BCUT2D eigenvalue weighted by Crippen LogP contribution is 2.22. The average Bonchev–Trinajstić information content (AvgIpc) is 2.75. The lowest BCUT2D eigenvalue weighted by Gasteiger charge is -2.14. The van der Waals surface area contributed by atoms with Crippen LogP contribution in [0, 0.1) is 18.6 Å². The summed E-state index contributed by atoms with van der Waals surface area (Å²) < 4.78 is 38.6. The molecule has 0 saturated heterocycles. The molecule has 2 aromatic carbocycles. The Labute approximate surface area is 191 Å². The fraction of sp³-hybridized carbons (Fsp3) is 0.227. The Morgan fingerprint density at radius 3 is 2.72 bits per heavy atom. The van der Waals surface area contributed by atoms with Gasteiger partial charge in [0.25, 0.3) is 5.56 Å². The van der Waals surface area contributed by atoms with E-state index < -0.39 is 17.2 Å². The summed E-state index contributed by atoms with van der Waals surface area (Å²) in [6, 6.07) is 10.2. The van der Waals surface area contributed by atoms with Crippen LogP contribution in [0.25, 0.3) is 5.69 Å². The lowest BCUT2D eigenvalue weighted by atomic mass is 10.2. The Hall–Kier alpha value is -3.11. The molecule has 0 bridgehead atoms. The smallest absolute Gasteiger partial charge is 0.276 e. The monoisotopic (exact) mass is 507 g/mol. The van der Waals surface area contributed by atoms with Gasteiger partial charge in [-0.2, -0.15) is 4.98 Å². The topological polar surface area (TPSA) is 82.4 Å². The minimum atomic E-state index is -0.749. The predicted molar refractivity (Wildman–Crippen MR) is 117 cm³/mol. The van der Waals surface area contributed by atoms with Gasteiger partial charge in [-0.05, 0) is 52.7 Å². The molecule has 0 atom stereocenters. The highest BCUT2D eigenvalue weighted by molar-refractivity contribution is 9.10. The summed E-state index contributed by atoms with van der Waals surface area (Å²) in [7, 11) is 1.43. The predicted octanol–water partition coefficient (Wildman–Crippen LogP) is 3.42. The number of ether oxygens (including phenoxy) is 2. The molecule has 1 heterocycles. The summed E-state index contributed by atoms with van der Waals surface area (Å²) in [6.45, 7) is 1.63. The van der Waals surface area contributed by atoms with Crippen molar-refractivity contribution in [2.45, 2.75) is 20.1 Å². The lowest BCUT2D eigenvalue weighted by Crippen LogP contribution is -2.27. The number of aryl methyl sites for hydroxylation is 1. The maximum atomic E-state index is 13.8. The second-order valence-corrected chi connectivity index (χ2v) is 7.62. The summed E-state index contributed by atoms with van der Waals surface area (Å²) >= 11 is 3.21. The Kier molecular flexibility index (Phi) is 7.70. The van der Waals surface area contributed by atoms with Gasteiger partial charge in [0.1, 0.15) is 35.1 Å². The number of carbonyl (C=O) groups excluding carboxylic acids is 1. The van der Waals surface area contributed by atoms with Crippen molar-refractivity contribution < 1.29 is 23.0 Å². The van der Waals surface area contributed by atoms with E-state index in [0.29, 0.717) is 11.5 Å². The minimum absolute atomic E-state index is 0.00421. The molecule has 1 N–H and O–H groups in total. The summed E-state index contributed by atoms with van der Waals surface area (Å²) in [6.07, 6.45) is 0. The molecule has 0 aliphatic rings. The highest BCUT2D eigenvalue weighted by Gasteiger charge is 2.16. The van der Waals surface area contributed by atoms with Crippen LogP contribution in [-0.2, 0) is 22.7 Å². The quantitative estimate of drug-likeness (QED) is 0.505. The normalized spacial score (nSPS) is 10.8. The number of rotatable bonds is 8. The van der Waals surface area contributed by atoms with E-state index in [9.17, 15) is 18.4 Å². The van der Waals surface area contributed by atoms with Crippen molar-refractivity contribution in [1.29, 1.82) is 0 Å². The highest BCUT2D eigenvalue weighted by atomic mass is 79.9. The fourth-order valence-corrected chi connectivity index (χ4v) is 3.34. The molecule has 0 saturated carbocycles. The molecule has 1 aromatic heterocycles. The van der Waals surface area contributed by atoms with Crippen LogP contribution >= 0.6 is 15.9 Å². The first-order valence-electron chi connectivity index (χ1n) is 9.51. The standard InChI is InChI=1S/C22H20BrF2N3O4/c1-13-27-21(32-11-15-6-7-16(24)9-18(15)25)20(23)22(30)28(13)17-5-3-4-14(8-17)10-26-19(29)12-31-2/h3-9H,10-12H2,1-2H3,(H,26,29). The molecule has 7 nitrogen and oxygen atoms in total. The number of hydrogen-bond acceptors (Lipinski definition) is 5. The van der Waals surface area contributed by atoms with E-state index in [1.54, 1.807) is 25.1 Å².